The van der Waals surface area contributed by atoms with Gasteiger partial charge in [0.1, 0.15) is 0 Å². The molecule has 0 aromatic heterocycles. The molecule has 0 unspecified atom stereocenters. The minimum atomic E-state index is -0.774. The van der Waals surface area contributed by atoms with Gasteiger partial charge in [-0.05, 0) is 25.7 Å². The molecule has 1 amide bonds. The summed E-state index contributed by atoms with van der Waals surface area (Å²) in [6.45, 7) is 1.47. The van der Waals surface area contributed by atoms with Crippen molar-refractivity contribution < 1.29 is 14.6 Å². The molecule has 80 valence electrons. The average molecular weight is 199 g/mol. The van der Waals surface area contributed by atoms with Crippen LogP contribution in [-0.4, -0.2) is 42.4 Å². The Morgan fingerprint density at radius 2 is 2.00 bits per heavy atom. The summed E-state index contributed by atoms with van der Waals surface area (Å²) in [6, 6.07) is 0. The van der Waals surface area contributed by atoms with Gasteiger partial charge in [-0.15, -0.1) is 0 Å². The second-order valence-corrected chi connectivity index (χ2v) is 4.57. The molecular weight excluding hydrogens is 182 g/mol. The summed E-state index contributed by atoms with van der Waals surface area (Å²) in [5, 5.41) is 8.75. The Labute approximate surface area is 83.8 Å². The molecule has 1 heterocycles. The highest BCUT2D eigenvalue weighted by Crippen LogP contribution is 2.44. The maximum Gasteiger partial charge on any atom is 0.407 e. The second kappa shape index (κ2) is 3.42. The van der Waals surface area contributed by atoms with Crippen molar-refractivity contribution in [2.24, 2.45) is 5.41 Å². The maximum atomic E-state index is 10.6. The Bertz CT molecular complexity index is 226. The van der Waals surface area contributed by atoms with Crippen LogP contribution in [-0.2, 0) is 4.74 Å². The predicted molar refractivity (Wildman–Crippen MR) is 51.3 cm³/mol. The molecule has 2 fully saturated rings. The third kappa shape index (κ3) is 1.59. The Kier molecular flexibility index (Phi) is 2.39. The van der Waals surface area contributed by atoms with E-state index >= 15 is 0 Å². The Balaban J connectivity index is 1.82. The SMILES string of the molecule is COC1CCC2(CC1)CN(C(=O)O)C2. The quantitative estimate of drug-likeness (QED) is 0.697. The van der Waals surface area contributed by atoms with Crippen molar-refractivity contribution in [2.45, 2.75) is 31.8 Å². The van der Waals surface area contributed by atoms with Gasteiger partial charge < -0.3 is 14.7 Å². The monoisotopic (exact) mass is 199 g/mol. The summed E-state index contributed by atoms with van der Waals surface area (Å²) in [7, 11) is 1.76. The van der Waals surface area contributed by atoms with E-state index in [-0.39, 0.29) is 0 Å². The molecule has 1 aliphatic carbocycles. The largest absolute Gasteiger partial charge is 0.465 e. The van der Waals surface area contributed by atoms with Crippen molar-refractivity contribution in [1.29, 1.82) is 0 Å². The van der Waals surface area contributed by atoms with E-state index in [1.807, 2.05) is 0 Å². The number of carboxylic acid groups (broad SMARTS) is 1. The third-order valence-corrected chi connectivity index (χ3v) is 3.65. The first-order valence-electron chi connectivity index (χ1n) is 5.16. The zero-order chi connectivity index (χ0) is 10.2. The van der Waals surface area contributed by atoms with Crippen molar-refractivity contribution in [3.8, 4) is 0 Å². The number of hydrogen-bond acceptors (Lipinski definition) is 2. The van der Waals surface area contributed by atoms with Crippen LogP contribution in [0.3, 0.4) is 0 Å². The first-order valence-corrected chi connectivity index (χ1v) is 5.16. The van der Waals surface area contributed by atoms with Crippen molar-refractivity contribution in [3.63, 3.8) is 0 Å². The number of nitrogens with zero attached hydrogens (tertiary/aromatic N) is 1. The highest BCUT2D eigenvalue weighted by molar-refractivity contribution is 5.66. The molecule has 0 radical (unpaired) electrons. The lowest BCUT2D eigenvalue weighted by Gasteiger charge is -2.52. The lowest BCUT2D eigenvalue weighted by molar-refractivity contribution is -0.0506. The fourth-order valence-electron chi connectivity index (χ4n) is 2.65. The molecule has 1 saturated carbocycles. The standard InChI is InChI=1S/C10H17NO3/c1-14-8-2-4-10(5-3-8)6-11(7-10)9(12)13/h8H,2-7H2,1H3,(H,12,13). The number of carbonyl (C=O) groups is 1. The molecule has 1 N–H and O–H groups in total. The number of amides is 1. The van der Waals surface area contributed by atoms with Crippen LogP contribution in [0.1, 0.15) is 25.7 Å². The summed E-state index contributed by atoms with van der Waals surface area (Å²) >= 11 is 0. The van der Waals surface area contributed by atoms with E-state index in [4.69, 9.17) is 9.84 Å². The highest BCUT2D eigenvalue weighted by Gasteiger charge is 2.46. The number of hydrogen-bond donors (Lipinski definition) is 1. The van der Waals surface area contributed by atoms with Crippen LogP contribution in [0.4, 0.5) is 4.79 Å². The lowest BCUT2D eigenvalue weighted by atomic mass is 9.68. The van der Waals surface area contributed by atoms with Gasteiger partial charge in [-0.1, -0.05) is 0 Å². The molecule has 4 nitrogen and oxygen atoms in total. The molecule has 1 saturated heterocycles. The molecule has 2 aliphatic rings. The molecule has 1 spiro atoms. The van der Waals surface area contributed by atoms with Gasteiger partial charge in [-0.2, -0.15) is 0 Å². The van der Waals surface area contributed by atoms with Crippen molar-refractivity contribution in [1.82, 2.24) is 4.90 Å². The van der Waals surface area contributed by atoms with E-state index < -0.39 is 6.09 Å². The van der Waals surface area contributed by atoms with Crippen molar-refractivity contribution in [3.05, 3.63) is 0 Å². The van der Waals surface area contributed by atoms with Gasteiger partial charge in [-0.3, -0.25) is 0 Å². The van der Waals surface area contributed by atoms with E-state index in [1.54, 1.807) is 7.11 Å². The second-order valence-electron chi connectivity index (χ2n) is 4.57. The number of likely N-dealkylation sites (tertiary alicyclic amines) is 1. The lowest BCUT2D eigenvalue weighted by Crippen LogP contribution is -2.59. The number of rotatable bonds is 1. The Morgan fingerprint density at radius 1 is 1.43 bits per heavy atom. The summed E-state index contributed by atoms with van der Waals surface area (Å²) in [5.41, 5.74) is 0.299. The molecule has 14 heavy (non-hydrogen) atoms. The van der Waals surface area contributed by atoms with Crippen LogP contribution in [0, 0.1) is 5.41 Å². The number of methoxy groups -OCH3 is 1. The van der Waals surface area contributed by atoms with Gasteiger partial charge in [0, 0.05) is 25.6 Å². The zero-order valence-electron chi connectivity index (χ0n) is 8.53. The van der Waals surface area contributed by atoms with E-state index in [0.29, 0.717) is 11.5 Å². The van der Waals surface area contributed by atoms with Crippen molar-refractivity contribution >= 4 is 6.09 Å². The molecular formula is C10H17NO3. The minimum absolute atomic E-state index is 0.299. The van der Waals surface area contributed by atoms with E-state index in [0.717, 1.165) is 38.8 Å². The first kappa shape index (κ1) is 9.77. The van der Waals surface area contributed by atoms with E-state index in [2.05, 4.69) is 0 Å². The highest BCUT2D eigenvalue weighted by atomic mass is 16.5. The normalized spacial score (nSPS) is 26.2. The smallest absolute Gasteiger partial charge is 0.407 e. The minimum Gasteiger partial charge on any atom is -0.465 e. The molecule has 0 atom stereocenters. The van der Waals surface area contributed by atoms with Crippen LogP contribution in [0.2, 0.25) is 0 Å². The molecule has 2 rings (SSSR count). The molecule has 0 bridgehead atoms. The van der Waals surface area contributed by atoms with Crippen LogP contribution < -0.4 is 0 Å². The fourth-order valence-corrected chi connectivity index (χ4v) is 2.65. The average Bonchev–Trinajstić information content (AvgIpc) is 2.14. The first-order chi connectivity index (χ1) is 6.65. The summed E-state index contributed by atoms with van der Waals surface area (Å²) in [5.74, 6) is 0. The topological polar surface area (TPSA) is 49.8 Å². The Morgan fingerprint density at radius 3 is 2.43 bits per heavy atom. The molecule has 1 aliphatic heterocycles. The van der Waals surface area contributed by atoms with Gasteiger partial charge in [0.25, 0.3) is 0 Å². The molecule has 0 aromatic carbocycles. The number of ether oxygens (including phenoxy) is 1. The van der Waals surface area contributed by atoms with Crippen LogP contribution in [0.15, 0.2) is 0 Å². The summed E-state index contributed by atoms with van der Waals surface area (Å²) < 4.78 is 5.30. The third-order valence-electron chi connectivity index (χ3n) is 3.65. The molecule has 4 heteroatoms. The maximum absolute atomic E-state index is 10.6. The molecule has 0 aromatic rings. The van der Waals surface area contributed by atoms with Gasteiger partial charge in [-0.25, -0.2) is 4.79 Å². The van der Waals surface area contributed by atoms with E-state index in [9.17, 15) is 4.79 Å². The Hall–Kier alpha value is -0.770. The summed E-state index contributed by atoms with van der Waals surface area (Å²) in [6.07, 6.45) is 4.04. The van der Waals surface area contributed by atoms with Crippen LogP contribution in [0.5, 0.6) is 0 Å². The van der Waals surface area contributed by atoms with Gasteiger partial charge in [0.2, 0.25) is 0 Å². The van der Waals surface area contributed by atoms with Gasteiger partial charge in [0.05, 0.1) is 6.10 Å². The fraction of sp³-hybridized carbons (Fsp3) is 0.900. The van der Waals surface area contributed by atoms with Gasteiger partial charge >= 0.3 is 6.09 Å². The van der Waals surface area contributed by atoms with Crippen molar-refractivity contribution in [2.75, 3.05) is 20.2 Å². The predicted octanol–water partition coefficient (Wildman–Crippen LogP) is 1.56. The summed E-state index contributed by atoms with van der Waals surface area (Å²) in [4.78, 5) is 12.1. The van der Waals surface area contributed by atoms with Crippen LogP contribution in [0.25, 0.3) is 0 Å². The zero-order valence-corrected chi connectivity index (χ0v) is 8.53. The van der Waals surface area contributed by atoms with E-state index in [1.165, 1.54) is 4.90 Å². The van der Waals surface area contributed by atoms with Gasteiger partial charge in [0.15, 0.2) is 0 Å². The van der Waals surface area contributed by atoms with Crippen LogP contribution >= 0.6 is 0 Å².